The van der Waals surface area contributed by atoms with Crippen LogP contribution < -0.4 is 5.63 Å². The molecule has 1 aromatic heterocycles. The first-order chi connectivity index (χ1) is 13.3. The van der Waals surface area contributed by atoms with Gasteiger partial charge in [0.2, 0.25) is 0 Å². The lowest BCUT2D eigenvalue weighted by Gasteiger charge is -2.19. The van der Waals surface area contributed by atoms with Crippen LogP contribution in [0.15, 0.2) is 82.0 Å². The second-order valence-corrected chi connectivity index (χ2v) is 8.39. The molecule has 0 unspecified atom stereocenters. The summed E-state index contributed by atoms with van der Waals surface area (Å²) < 4.78 is 5.44. The van der Waals surface area contributed by atoms with Gasteiger partial charge >= 0.3 is 5.63 Å². The minimum atomic E-state index is -0.325. The second-order valence-electron chi connectivity index (χ2n) is 8.39. The molecule has 140 valence electrons. The van der Waals surface area contributed by atoms with E-state index in [1.807, 2.05) is 12.1 Å². The summed E-state index contributed by atoms with van der Waals surface area (Å²) in [7, 11) is 0. The molecular weight excluding hydrogens is 344 g/mol. The van der Waals surface area contributed by atoms with Crippen molar-refractivity contribution in [3.63, 3.8) is 0 Å². The summed E-state index contributed by atoms with van der Waals surface area (Å²) in [5, 5.41) is 0.968. The fourth-order valence-corrected chi connectivity index (χ4v) is 3.54. The van der Waals surface area contributed by atoms with Crippen LogP contribution in [-0.2, 0) is 5.41 Å². The van der Waals surface area contributed by atoms with Gasteiger partial charge in [-0.2, -0.15) is 0 Å². The summed E-state index contributed by atoms with van der Waals surface area (Å²) in [6.45, 7) is 8.65. The zero-order chi connectivity index (χ0) is 19.9. The second kappa shape index (κ2) is 6.79. The Balaban J connectivity index is 1.85. The summed E-state index contributed by atoms with van der Waals surface area (Å²) in [6.07, 6.45) is 0. The molecule has 28 heavy (non-hydrogen) atoms. The van der Waals surface area contributed by atoms with Crippen molar-refractivity contribution in [2.24, 2.45) is 0 Å². The van der Waals surface area contributed by atoms with Crippen molar-refractivity contribution in [1.29, 1.82) is 0 Å². The van der Waals surface area contributed by atoms with Gasteiger partial charge in [-0.25, -0.2) is 4.79 Å². The van der Waals surface area contributed by atoms with Gasteiger partial charge in [0.1, 0.15) is 5.58 Å². The van der Waals surface area contributed by atoms with Crippen molar-refractivity contribution in [3.05, 3.63) is 94.3 Å². The molecule has 0 fully saturated rings. The van der Waals surface area contributed by atoms with Crippen LogP contribution in [0.5, 0.6) is 0 Å². The topological polar surface area (TPSA) is 30.2 Å². The molecule has 0 N–H and O–H groups in total. The van der Waals surface area contributed by atoms with Crippen LogP contribution in [-0.4, -0.2) is 0 Å². The third-order valence-corrected chi connectivity index (χ3v) is 5.16. The molecule has 0 aliphatic carbocycles. The van der Waals surface area contributed by atoms with Crippen molar-refractivity contribution in [1.82, 2.24) is 0 Å². The first kappa shape index (κ1) is 18.2. The number of hydrogen-bond acceptors (Lipinski definition) is 2. The van der Waals surface area contributed by atoms with Crippen molar-refractivity contribution in [3.8, 4) is 22.3 Å². The third kappa shape index (κ3) is 3.50. The standard InChI is InChI=1S/C26H24O2/c1-17-6-5-7-20(14-17)18-8-10-19(11-9-18)22-16-25(27)28-24-13-12-21(15-23(22)24)26(2,3)4/h5-16H,1-4H3. The lowest BCUT2D eigenvalue weighted by atomic mass is 9.85. The third-order valence-electron chi connectivity index (χ3n) is 5.16. The largest absolute Gasteiger partial charge is 0.423 e. The molecule has 0 atom stereocenters. The average Bonchev–Trinajstić information content (AvgIpc) is 2.66. The minimum Gasteiger partial charge on any atom is -0.423 e. The molecule has 2 heteroatoms. The molecule has 0 spiro atoms. The van der Waals surface area contributed by atoms with Gasteiger partial charge < -0.3 is 4.42 Å². The summed E-state index contributed by atoms with van der Waals surface area (Å²) >= 11 is 0. The summed E-state index contributed by atoms with van der Waals surface area (Å²) in [5.74, 6) is 0. The Kier molecular flexibility index (Phi) is 4.43. The smallest absolute Gasteiger partial charge is 0.336 e. The van der Waals surface area contributed by atoms with E-state index in [-0.39, 0.29) is 11.0 Å². The molecular formula is C26H24O2. The predicted molar refractivity (Wildman–Crippen MR) is 117 cm³/mol. The SMILES string of the molecule is Cc1cccc(-c2ccc(-c3cc(=O)oc4ccc(C(C)(C)C)cc34)cc2)c1. The van der Waals surface area contributed by atoms with Crippen molar-refractivity contribution >= 4 is 11.0 Å². The molecule has 0 radical (unpaired) electrons. The normalized spacial score (nSPS) is 11.7. The highest BCUT2D eigenvalue weighted by Gasteiger charge is 2.16. The van der Waals surface area contributed by atoms with Crippen molar-refractivity contribution in [2.45, 2.75) is 33.1 Å². The van der Waals surface area contributed by atoms with Crippen LogP contribution in [0.25, 0.3) is 33.2 Å². The number of hydrogen-bond donors (Lipinski definition) is 0. The van der Waals surface area contributed by atoms with E-state index in [9.17, 15) is 4.79 Å². The van der Waals surface area contributed by atoms with Crippen LogP contribution in [0.2, 0.25) is 0 Å². The summed E-state index contributed by atoms with van der Waals surface area (Å²) in [5.41, 5.74) is 7.06. The van der Waals surface area contributed by atoms with Crippen LogP contribution >= 0.6 is 0 Å². The highest BCUT2D eigenvalue weighted by atomic mass is 16.4. The van der Waals surface area contributed by atoms with E-state index < -0.39 is 0 Å². The van der Waals surface area contributed by atoms with Crippen LogP contribution in [0.4, 0.5) is 0 Å². The van der Waals surface area contributed by atoms with E-state index in [0.29, 0.717) is 5.58 Å². The van der Waals surface area contributed by atoms with Gasteiger partial charge in [-0.1, -0.05) is 80.9 Å². The number of benzene rings is 3. The molecule has 4 aromatic rings. The van der Waals surface area contributed by atoms with E-state index in [2.05, 4.69) is 82.3 Å². The van der Waals surface area contributed by atoms with Gasteiger partial charge in [-0.05, 0) is 52.3 Å². The molecule has 0 saturated carbocycles. The molecule has 0 amide bonds. The van der Waals surface area contributed by atoms with Crippen molar-refractivity contribution in [2.75, 3.05) is 0 Å². The number of aryl methyl sites for hydroxylation is 1. The van der Waals surface area contributed by atoms with Gasteiger partial charge in [0.05, 0.1) is 0 Å². The average molecular weight is 368 g/mol. The maximum Gasteiger partial charge on any atom is 0.336 e. The lowest BCUT2D eigenvalue weighted by molar-refractivity contribution is 0.559. The van der Waals surface area contributed by atoms with E-state index >= 15 is 0 Å². The van der Waals surface area contributed by atoms with Gasteiger partial charge in [0.25, 0.3) is 0 Å². The number of rotatable bonds is 2. The molecule has 3 aromatic carbocycles. The Morgan fingerprint density at radius 1 is 0.750 bits per heavy atom. The molecule has 4 rings (SSSR count). The lowest BCUT2D eigenvalue weighted by Crippen LogP contribution is -2.11. The van der Waals surface area contributed by atoms with Crippen LogP contribution in [0, 0.1) is 6.92 Å². The fourth-order valence-electron chi connectivity index (χ4n) is 3.54. The van der Waals surface area contributed by atoms with Gasteiger partial charge in [-0.15, -0.1) is 0 Å². The molecule has 0 aliphatic rings. The zero-order valence-corrected chi connectivity index (χ0v) is 16.7. The van der Waals surface area contributed by atoms with E-state index in [4.69, 9.17) is 4.42 Å². The van der Waals surface area contributed by atoms with Crippen molar-refractivity contribution < 1.29 is 4.42 Å². The van der Waals surface area contributed by atoms with Crippen LogP contribution in [0.3, 0.4) is 0 Å². The Bertz CT molecular complexity index is 1210. The van der Waals surface area contributed by atoms with E-state index in [1.54, 1.807) is 6.07 Å². The Labute approximate surface area is 165 Å². The monoisotopic (exact) mass is 368 g/mol. The number of fused-ring (bicyclic) bond motifs is 1. The van der Waals surface area contributed by atoms with E-state index in [1.165, 1.54) is 16.7 Å². The van der Waals surface area contributed by atoms with Crippen LogP contribution in [0.1, 0.15) is 31.9 Å². The van der Waals surface area contributed by atoms with Gasteiger partial charge in [0, 0.05) is 11.5 Å². The highest BCUT2D eigenvalue weighted by Crippen LogP contribution is 2.33. The molecule has 2 nitrogen and oxygen atoms in total. The molecule has 0 bridgehead atoms. The minimum absolute atomic E-state index is 0.0244. The predicted octanol–water partition coefficient (Wildman–Crippen LogP) is 6.73. The first-order valence-electron chi connectivity index (χ1n) is 9.57. The zero-order valence-electron chi connectivity index (χ0n) is 16.7. The Morgan fingerprint density at radius 2 is 1.46 bits per heavy atom. The quantitative estimate of drug-likeness (QED) is 0.367. The fraction of sp³-hybridized carbons (Fsp3) is 0.192. The molecule has 0 saturated heterocycles. The highest BCUT2D eigenvalue weighted by molar-refractivity contribution is 5.94. The molecule has 0 aliphatic heterocycles. The van der Waals surface area contributed by atoms with Gasteiger partial charge in [-0.3, -0.25) is 0 Å². The molecule has 1 heterocycles. The van der Waals surface area contributed by atoms with E-state index in [0.717, 1.165) is 22.1 Å². The Hall–Kier alpha value is -3.13. The Morgan fingerprint density at radius 3 is 2.14 bits per heavy atom. The summed E-state index contributed by atoms with van der Waals surface area (Å²) in [6, 6.07) is 24.5. The maximum atomic E-state index is 12.1. The first-order valence-corrected chi connectivity index (χ1v) is 9.57. The maximum absolute atomic E-state index is 12.1. The van der Waals surface area contributed by atoms with Gasteiger partial charge in [0.15, 0.2) is 0 Å². The summed E-state index contributed by atoms with van der Waals surface area (Å²) in [4.78, 5) is 12.1.